The Labute approximate surface area is 113 Å². The Bertz CT molecular complexity index is 217. The predicted octanol–water partition coefficient (Wildman–Crippen LogP) is 2.81. The highest BCUT2D eigenvalue weighted by Gasteiger charge is 2.17. The van der Waals surface area contributed by atoms with Crippen LogP contribution in [0.5, 0.6) is 0 Å². The van der Waals surface area contributed by atoms with E-state index in [9.17, 15) is 4.79 Å². The summed E-state index contributed by atoms with van der Waals surface area (Å²) in [5.74, 6) is 2.00. The molecular weight excluding hydrogens is 224 g/mol. The first-order valence-electron chi connectivity index (χ1n) is 7.34. The van der Waals surface area contributed by atoms with Gasteiger partial charge >= 0.3 is 0 Å². The van der Waals surface area contributed by atoms with Crippen LogP contribution in [0.15, 0.2) is 0 Å². The monoisotopic (exact) mass is 256 g/mol. The third-order valence-corrected chi connectivity index (χ3v) is 3.38. The molecule has 0 fully saturated rings. The average molecular weight is 256 g/mol. The molecule has 0 atom stereocenters. The van der Waals surface area contributed by atoms with Crippen molar-refractivity contribution >= 4 is 5.91 Å². The number of hydrogen-bond donors (Lipinski definition) is 2. The third-order valence-electron chi connectivity index (χ3n) is 3.38. The lowest BCUT2D eigenvalue weighted by Crippen LogP contribution is -2.34. The second kappa shape index (κ2) is 9.37. The summed E-state index contributed by atoms with van der Waals surface area (Å²) in [5, 5.41) is 6.39. The molecule has 0 aliphatic rings. The fraction of sp³-hybridized carbons (Fsp3) is 0.933. The second-order valence-electron chi connectivity index (χ2n) is 6.17. The van der Waals surface area contributed by atoms with Crippen molar-refractivity contribution in [2.45, 2.75) is 60.4 Å². The summed E-state index contributed by atoms with van der Waals surface area (Å²) in [7, 11) is 0. The van der Waals surface area contributed by atoms with Crippen molar-refractivity contribution in [2.24, 2.45) is 17.8 Å². The number of carbonyl (C=O) groups excluding carboxylic acids is 1. The first-order valence-corrected chi connectivity index (χ1v) is 7.34. The maximum absolute atomic E-state index is 11.7. The van der Waals surface area contributed by atoms with Gasteiger partial charge in [0.05, 0.1) is 0 Å². The highest BCUT2D eigenvalue weighted by Crippen LogP contribution is 2.19. The molecule has 3 heteroatoms. The van der Waals surface area contributed by atoms with Crippen LogP contribution < -0.4 is 10.6 Å². The molecule has 0 aliphatic heterocycles. The minimum atomic E-state index is 0.187. The van der Waals surface area contributed by atoms with Crippen LogP contribution in [-0.4, -0.2) is 25.0 Å². The van der Waals surface area contributed by atoms with Crippen LogP contribution >= 0.6 is 0 Å². The van der Waals surface area contributed by atoms with Gasteiger partial charge in [-0.1, -0.05) is 41.5 Å². The van der Waals surface area contributed by atoms with Crippen LogP contribution in [0.3, 0.4) is 0 Å². The Hall–Kier alpha value is -0.570. The molecule has 0 aromatic carbocycles. The summed E-state index contributed by atoms with van der Waals surface area (Å²) < 4.78 is 0. The Morgan fingerprint density at radius 3 is 2.00 bits per heavy atom. The molecule has 2 N–H and O–H groups in total. The van der Waals surface area contributed by atoms with Crippen molar-refractivity contribution in [3.8, 4) is 0 Å². The van der Waals surface area contributed by atoms with E-state index in [1.165, 1.54) is 0 Å². The van der Waals surface area contributed by atoms with Gasteiger partial charge in [-0.2, -0.15) is 0 Å². The molecule has 0 radical (unpaired) electrons. The van der Waals surface area contributed by atoms with E-state index in [-0.39, 0.29) is 5.91 Å². The minimum absolute atomic E-state index is 0.187. The molecule has 0 aromatic heterocycles. The summed E-state index contributed by atoms with van der Waals surface area (Å²) >= 11 is 0. The Balaban J connectivity index is 3.75. The van der Waals surface area contributed by atoms with E-state index in [0.29, 0.717) is 30.2 Å². The van der Waals surface area contributed by atoms with Gasteiger partial charge in [-0.05, 0) is 30.7 Å². The molecule has 3 nitrogen and oxygen atoms in total. The molecule has 18 heavy (non-hydrogen) atoms. The van der Waals surface area contributed by atoms with Crippen molar-refractivity contribution in [1.82, 2.24) is 10.6 Å². The van der Waals surface area contributed by atoms with Crippen LogP contribution in [0.2, 0.25) is 0 Å². The normalized spacial score (nSPS) is 11.9. The van der Waals surface area contributed by atoms with Gasteiger partial charge in [0.1, 0.15) is 0 Å². The first-order chi connectivity index (χ1) is 8.34. The minimum Gasteiger partial charge on any atom is -0.356 e. The molecule has 0 heterocycles. The zero-order valence-corrected chi connectivity index (χ0v) is 13.0. The Kier molecular flexibility index (Phi) is 9.08. The molecule has 0 saturated heterocycles. The van der Waals surface area contributed by atoms with E-state index in [0.717, 1.165) is 19.5 Å². The summed E-state index contributed by atoms with van der Waals surface area (Å²) in [5.41, 5.74) is 0. The summed E-state index contributed by atoms with van der Waals surface area (Å²) in [4.78, 5) is 11.7. The molecule has 0 rings (SSSR count). The topological polar surface area (TPSA) is 41.1 Å². The van der Waals surface area contributed by atoms with Crippen LogP contribution in [0.4, 0.5) is 0 Å². The standard InChI is InChI=1S/C15H32N2O/c1-11(2)14(12(3)4)10-17-15(18)8-7-9-16-13(5)6/h11-14,16H,7-10H2,1-6H3,(H,17,18). The number of carbonyl (C=O) groups is 1. The lowest BCUT2D eigenvalue weighted by molar-refractivity contribution is -0.121. The van der Waals surface area contributed by atoms with Gasteiger partial charge in [0, 0.05) is 19.0 Å². The van der Waals surface area contributed by atoms with Crippen molar-refractivity contribution in [3.63, 3.8) is 0 Å². The van der Waals surface area contributed by atoms with E-state index in [4.69, 9.17) is 0 Å². The van der Waals surface area contributed by atoms with Gasteiger partial charge in [-0.3, -0.25) is 4.79 Å². The Morgan fingerprint density at radius 2 is 1.56 bits per heavy atom. The average Bonchev–Trinajstić information content (AvgIpc) is 2.23. The maximum Gasteiger partial charge on any atom is 0.220 e. The molecule has 0 saturated carbocycles. The summed E-state index contributed by atoms with van der Waals surface area (Å²) in [6.45, 7) is 14.9. The van der Waals surface area contributed by atoms with Crippen molar-refractivity contribution in [1.29, 1.82) is 0 Å². The highest BCUT2D eigenvalue weighted by atomic mass is 16.1. The van der Waals surface area contributed by atoms with E-state index >= 15 is 0 Å². The number of hydrogen-bond acceptors (Lipinski definition) is 2. The van der Waals surface area contributed by atoms with Gasteiger partial charge in [0.25, 0.3) is 0 Å². The molecular formula is C15H32N2O. The predicted molar refractivity (Wildman–Crippen MR) is 78.5 cm³/mol. The zero-order chi connectivity index (χ0) is 14.1. The van der Waals surface area contributed by atoms with Gasteiger partial charge in [-0.25, -0.2) is 0 Å². The maximum atomic E-state index is 11.7. The number of nitrogens with one attached hydrogen (secondary N) is 2. The quantitative estimate of drug-likeness (QED) is 0.623. The lowest BCUT2D eigenvalue weighted by Gasteiger charge is -2.25. The van der Waals surface area contributed by atoms with Gasteiger partial charge in [0.15, 0.2) is 0 Å². The largest absolute Gasteiger partial charge is 0.356 e. The first kappa shape index (κ1) is 17.4. The van der Waals surface area contributed by atoms with Gasteiger partial charge in [-0.15, -0.1) is 0 Å². The highest BCUT2D eigenvalue weighted by molar-refractivity contribution is 5.75. The van der Waals surface area contributed by atoms with E-state index in [2.05, 4.69) is 52.2 Å². The van der Waals surface area contributed by atoms with Crippen LogP contribution in [0.1, 0.15) is 54.4 Å². The Morgan fingerprint density at radius 1 is 1.00 bits per heavy atom. The van der Waals surface area contributed by atoms with Crippen molar-refractivity contribution in [3.05, 3.63) is 0 Å². The number of amides is 1. The summed E-state index contributed by atoms with van der Waals surface area (Å²) in [6.07, 6.45) is 1.54. The molecule has 1 amide bonds. The second-order valence-corrected chi connectivity index (χ2v) is 6.17. The van der Waals surface area contributed by atoms with Gasteiger partial charge < -0.3 is 10.6 Å². The molecule has 0 spiro atoms. The third kappa shape index (κ3) is 8.51. The lowest BCUT2D eigenvalue weighted by atomic mass is 9.85. The van der Waals surface area contributed by atoms with Crippen molar-refractivity contribution in [2.75, 3.05) is 13.1 Å². The molecule has 0 unspecified atom stereocenters. The fourth-order valence-corrected chi connectivity index (χ4v) is 2.20. The van der Waals surface area contributed by atoms with E-state index in [1.54, 1.807) is 0 Å². The molecule has 0 bridgehead atoms. The van der Waals surface area contributed by atoms with Crippen LogP contribution in [-0.2, 0) is 4.79 Å². The van der Waals surface area contributed by atoms with Crippen molar-refractivity contribution < 1.29 is 4.79 Å². The molecule has 0 aromatic rings. The fourth-order valence-electron chi connectivity index (χ4n) is 2.20. The van der Waals surface area contributed by atoms with E-state index in [1.807, 2.05) is 0 Å². The smallest absolute Gasteiger partial charge is 0.220 e. The van der Waals surface area contributed by atoms with E-state index < -0.39 is 0 Å². The van der Waals surface area contributed by atoms with Crippen LogP contribution in [0.25, 0.3) is 0 Å². The van der Waals surface area contributed by atoms with Gasteiger partial charge in [0.2, 0.25) is 5.91 Å². The zero-order valence-electron chi connectivity index (χ0n) is 13.0. The molecule has 0 aliphatic carbocycles. The number of rotatable bonds is 9. The summed E-state index contributed by atoms with van der Waals surface area (Å²) in [6, 6.07) is 0.499. The SMILES string of the molecule is CC(C)NCCCC(=O)NCC(C(C)C)C(C)C. The van der Waals surface area contributed by atoms with Crippen LogP contribution in [0, 0.1) is 17.8 Å². The molecule has 108 valence electrons.